The minimum Gasteiger partial charge on any atom is -0.393 e. The molecule has 0 aliphatic heterocycles. The Morgan fingerprint density at radius 1 is 1.60 bits per heavy atom. The maximum Gasteiger partial charge on any atom is 0.319 e. The molecule has 10 heavy (non-hydrogen) atoms. The van der Waals surface area contributed by atoms with Crippen molar-refractivity contribution in [2.45, 2.75) is 20.5 Å². The Kier molecular flexibility index (Phi) is 6.36. The van der Waals surface area contributed by atoms with Crippen molar-refractivity contribution in [1.29, 1.82) is 0 Å². The molecule has 0 aromatic rings. The largest absolute Gasteiger partial charge is 0.393 e. The fraction of sp³-hybridized carbons (Fsp3) is 1.00. The Morgan fingerprint density at radius 3 is 2.10 bits per heavy atom. The molecule has 4 nitrogen and oxygen atoms in total. The monoisotopic (exact) mass is 188 g/mol. The summed E-state index contributed by atoms with van der Waals surface area (Å²) in [7, 11) is -3.64. The summed E-state index contributed by atoms with van der Waals surface area (Å²) in [5, 5.41) is 8.52. The summed E-state index contributed by atoms with van der Waals surface area (Å²) in [6, 6.07) is 0. The number of rotatable bonds is 3. The van der Waals surface area contributed by atoms with Crippen LogP contribution in [0.4, 0.5) is 0 Å². The van der Waals surface area contributed by atoms with Crippen LogP contribution in [0.5, 0.6) is 0 Å². The summed E-state index contributed by atoms with van der Waals surface area (Å²) >= 11 is 0. The van der Waals surface area contributed by atoms with E-state index in [4.69, 9.17) is 9.66 Å². The smallest absolute Gasteiger partial charge is 0.319 e. The molecule has 1 unspecified atom stereocenters. The standard InChI is InChI=1S/C3H8O4S2.CH4/c1-3(4)2-8-9(5,6)7;/h3-4H,2H2,1H3,(H,5,6,7);1H4. The van der Waals surface area contributed by atoms with E-state index in [1.54, 1.807) is 0 Å². The quantitative estimate of drug-likeness (QED) is 0.499. The van der Waals surface area contributed by atoms with Gasteiger partial charge in [-0.3, -0.25) is 4.55 Å². The molecule has 0 aliphatic rings. The van der Waals surface area contributed by atoms with Crippen molar-refractivity contribution in [2.75, 3.05) is 5.75 Å². The lowest BCUT2D eigenvalue weighted by Crippen LogP contribution is -2.05. The number of hydrogen-bond acceptors (Lipinski definition) is 4. The van der Waals surface area contributed by atoms with Gasteiger partial charge in [-0.2, -0.15) is 8.42 Å². The molecule has 0 rings (SSSR count). The zero-order chi connectivity index (χ0) is 7.49. The molecule has 0 fully saturated rings. The van der Waals surface area contributed by atoms with Gasteiger partial charge in [-0.25, -0.2) is 0 Å². The van der Waals surface area contributed by atoms with Gasteiger partial charge in [0.2, 0.25) is 0 Å². The van der Waals surface area contributed by atoms with Gasteiger partial charge < -0.3 is 5.11 Å². The van der Waals surface area contributed by atoms with Gasteiger partial charge in [0.25, 0.3) is 0 Å². The molecule has 0 radical (unpaired) electrons. The van der Waals surface area contributed by atoms with E-state index in [-0.39, 0.29) is 13.2 Å². The average Bonchev–Trinajstić information content (AvgIpc) is 1.59. The molecular weight excluding hydrogens is 176 g/mol. The molecule has 64 valence electrons. The minimum absolute atomic E-state index is 0. The molecule has 0 saturated heterocycles. The molecule has 0 spiro atoms. The van der Waals surface area contributed by atoms with Crippen LogP contribution in [0.2, 0.25) is 0 Å². The van der Waals surface area contributed by atoms with E-state index < -0.39 is 15.3 Å². The van der Waals surface area contributed by atoms with Crippen LogP contribution in [-0.2, 0) is 9.15 Å². The fourth-order valence-corrected chi connectivity index (χ4v) is 1.66. The summed E-state index contributed by atoms with van der Waals surface area (Å²) < 4.78 is 28.0. The maximum atomic E-state index is 9.94. The highest BCUT2D eigenvalue weighted by atomic mass is 33.1. The molecule has 1 atom stereocenters. The summed E-state index contributed by atoms with van der Waals surface area (Å²) in [5.41, 5.74) is 0. The first kappa shape index (κ1) is 12.9. The summed E-state index contributed by atoms with van der Waals surface area (Å²) in [4.78, 5) is 0. The SMILES string of the molecule is C.CC(O)CSS(=O)(=O)O. The Hall–Kier alpha value is 0.220. The minimum atomic E-state index is -3.96. The van der Waals surface area contributed by atoms with Crippen molar-refractivity contribution in [3.05, 3.63) is 0 Å². The lowest BCUT2D eigenvalue weighted by molar-refractivity contribution is 0.220. The van der Waals surface area contributed by atoms with Gasteiger partial charge in [-0.15, -0.1) is 0 Å². The molecule has 0 saturated carbocycles. The van der Waals surface area contributed by atoms with Gasteiger partial charge in [-0.05, 0) is 17.7 Å². The Balaban J connectivity index is 0. The third kappa shape index (κ3) is 11.1. The van der Waals surface area contributed by atoms with Crippen molar-refractivity contribution in [2.24, 2.45) is 0 Å². The van der Waals surface area contributed by atoms with Crippen molar-refractivity contribution in [1.82, 2.24) is 0 Å². The van der Waals surface area contributed by atoms with Crippen LogP contribution in [-0.4, -0.2) is 29.9 Å². The van der Waals surface area contributed by atoms with Crippen molar-refractivity contribution in [3.63, 3.8) is 0 Å². The van der Waals surface area contributed by atoms with Crippen molar-refractivity contribution >= 4 is 19.9 Å². The van der Waals surface area contributed by atoms with E-state index >= 15 is 0 Å². The molecular formula is C4H12O4S2. The van der Waals surface area contributed by atoms with Crippen LogP contribution >= 0.6 is 10.8 Å². The zero-order valence-corrected chi connectivity index (χ0v) is 6.44. The van der Waals surface area contributed by atoms with Crippen LogP contribution in [0.15, 0.2) is 0 Å². The predicted molar refractivity (Wildman–Crippen MR) is 42.4 cm³/mol. The number of aliphatic hydroxyl groups is 1. The van der Waals surface area contributed by atoms with Gasteiger partial charge in [0.1, 0.15) is 0 Å². The molecule has 0 aromatic heterocycles. The van der Waals surface area contributed by atoms with Gasteiger partial charge >= 0.3 is 9.15 Å². The van der Waals surface area contributed by atoms with Gasteiger partial charge in [0, 0.05) is 5.75 Å². The molecule has 0 aliphatic carbocycles. The molecule has 0 bridgehead atoms. The Labute approximate surface area is 64.8 Å². The first-order valence-corrected chi connectivity index (χ1v) is 5.16. The molecule has 2 N–H and O–H groups in total. The topological polar surface area (TPSA) is 74.6 Å². The van der Waals surface area contributed by atoms with Crippen LogP contribution < -0.4 is 0 Å². The van der Waals surface area contributed by atoms with E-state index in [0.29, 0.717) is 10.8 Å². The van der Waals surface area contributed by atoms with E-state index in [1.807, 2.05) is 0 Å². The van der Waals surface area contributed by atoms with E-state index in [0.717, 1.165) is 0 Å². The normalized spacial score (nSPS) is 13.9. The van der Waals surface area contributed by atoms with Crippen molar-refractivity contribution in [3.8, 4) is 0 Å². The Bertz CT molecular complexity index is 160. The molecule has 6 heteroatoms. The predicted octanol–water partition coefficient (Wildman–Crippen LogP) is 0.539. The first-order valence-electron chi connectivity index (χ1n) is 2.22. The third-order valence-electron chi connectivity index (χ3n) is 0.458. The second-order valence-electron chi connectivity index (χ2n) is 1.56. The lowest BCUT2D eigenvalue weighted by Gasteiger charge is -1.98. The number of hydrogen-bond donors (Lipinski definition) is 2. The zero-order valence-electron chi connectivity index (χ0n) is 4.81. The highest BCUT2D eigenvalue weighted by Gasteiger charge is 2.06. The third-order valence-corrected chi connectivity index (χ3v) is 2.68. The highest BCUT2D eigenvalue weighted by molar-refractivity contribution is 8.69. The molecule has 0 heterocycles. The highest BCUT2D eigenvalue weighted by Crippen LogP contribution is 2.09. The summed E-state index contributed by atoms with van der Waals surface area (Å²) in [6.07, 6.45) is -0.711. The van der Waals surface area contributed by atoms with Crippen LogP contribution in [0, 0.1) is 0 Å². The second-order valence-corrected chi connectivity index (χ2v) is 4.96. The lowest BCUT2D eigenvalue weighted by atomic mass is 10.5. The van der Waals surface area contributed by atoms with Crippen LogP contribution in [0.1, 0.15) is 14.4 Å². The average molecular weight is 188 g/mol. The van der Waals surface area contributed by atoms with Gasteiger partial charge in [0.05, 0.1) is 6.10 Å². The second kappa shape index (κ2) is 4.95. The first-order chi connectivity index (χ1) is 3.92. The summed E-state index contributed by atoms with van der Waals surface area (Å²) in [5.74, 6) is -0.00116. The molecule has 0 aromatic carbocycles. The van der Waals surface area contributed by atoms with E-state index in [9.17, 15) is 8.42 Å². The van der Waals surface area contributed by atoms with Crippen LogP contribution in [0.25, 0.3) is 0 Å². The van der Waals surface area contributed by atoms with Gasteiger partial charge in [0.15, 0.2) is 0 Å². The van der Waals surface area contributed by atoms with E-state index in [2.05, 4.69) is 0 Å². The molecule has 0 amide bonds. The Morgan fingerprint density at radius 2 is 2.00 bits per heavy atom. The summed E-state index contributed by atoms with van der Waals surface area (Å²) in [6.45, 7) is 1.44. The van der Waals surface area contributed by atoms with Gasteiger partial charge in [-0.1, -0.05) is 7.43 Å². The van der Waals surface area contributed by atoms with Crippen LogP contribution in [0.3, 0.4) is 0 Å². The van der Waals surface area contributed by atoms with Crippen molar-refractivity contribution < 1.29 is 18.1 Å². The fourth-order valence-electron chi connectivity index (χ4n) is 0.184. The van der Waals surface area contributed by atoms with E-state index in [1.165, 1.54) is 6.92 Å². The maximum absolute atomic E-state index is 9.94. The number of aliphatic hydroxyl groups excluding tert-OH is 1.